The van der Waals surface area contributed by atoms with Gasteiger partial charge < -0.3 is 11.5 Å². The Balaban J connectivity index is 2.56. The van der Waals surface area contributed by atoms with Crippen molar-refractivity contribution in [3.8, 4) is 0 Å². The SMILES string of the molecule is NC(=S)NN=C(/C(=N\NC(N)=S)c1ccccc1)c1ccccc1. The van der Waals surface area contributed by atoms with Crippen LogP contribution in [-0.2, 0) is 0 Å². The Hall–Kier alpha value is -2.84. The van der Waals surface area contributed by atoms with Crippen molar-refractivity contribution in [2.45, 2.75) is 0 Å². The number of thiocarbonyl (C=S) groups is 2. The maximum Gasteiger partial charge on any atom is 0.184 e. The van der Waals surface area contributed by atoms with E-state index in [-0.39, 0.29) is 10.2 Å². The van der Waals surface area contributed by atoms with Gasteiger partial charge in [0.25, 0.3) is 0 Å². The van der Waals surface area contributed by atoms with Gasteiger partial charge in [-0.2, -0.15) is 10.2 Å². The maximum atomic E-state index is 5.50. The molecular formula is C16H16N6S2. The Labute approximate surface area is 150 Å². The third-order valence-electron chi connectivity index (χ3n) is 2.87. The fraction of sp³-hybridized carbons (Fsp3) is 0. The second kappa shape index (κ2) is 8.70. The van der Waals surface area contributed by atoms with E-state index in [4.69, 9.17) is 35.9 Å². The molecule has 122 valence electrons. The van der Waals surface area contributed by atoms with Crippen molar-refractivity contribution in [1.29, 1.82) is 0 Å². The van der Waals surface area contributed by atoms with Gasteiger partial charge >= 0.3 is 0 Å². The van der Waals surface area contributed by atoms with Crippen LogP contribution in [0.25, 0.3) is 0 Å². The molecule has 2 aromatic rings. The van der Waals surface area contributed by atoms with E-state index in [9.17, 15) is 0 Å². The largest absolute Gasteiger partial charge is 0.375 e. The van der Waals surface area contributed by atoms with Crippen molar-refractivity contribution >= 4 is 46.1 Å². The van der Waals surface area contributed by atoms with Gasteiger partial charge in [-0.05, 0) is 24.4 Å². The van der Waals surface area contributed by atoms with Crippen molar-refractivity contribution in [3.63, 3.8) is 0 Å². The van der Waals surface area contributed by atoms with E-state index in [2.05, 4.69) is 21.1 Å². The molecule has 0 spiro atoms. The molecule has 0 saturated heterocycles. The zero-order valence-corrected chi connectivity index (χ0v) is 14.3. The smallest absolute Gasteiger partial charge is 0.184 e. The number of nitrogens with zero attached hydrogens (tertiary/aromatic N) is 2. The lowest BCUT2D eigenvalue weighted by Gasteiger charge is -2.11. The quantitative estimate of drug-likeness (QED) is 0.368. The van der Waals surface area contributed by atoms with E-state index < -0.39 is 0 Å². The van der Waals surface area contributed by atoms with Crippen LogP contribution in [0.15, 0.2) is 70.9 Å². The highest BCUT2D eigenvalue weighted by molar-refractivity contribution is 7.80. The molecule has 2 aromatic carbocycles. The van der Waals surface area contributed by atoms with E-state index >= 15 is 0 Å². The highest BCUT2D eigenvalue weighted by atomic mass is 32.1. The van der Waals surface area contributed by atoms with Crippen LogP contribution in [0.5, 0.6) is 0 Å². The van der Waals surface area contributed by atoms with Gasteiger partial charge in [-0.1, -0.05) is 60.7 Å². The number of nitrogens with one attached hydrogen (secondary N) is 2. The fourth-order valence-electron chi connectivity index (χ4n) is 1.92. The van der Waals surface area contributed by atoms with Crippen LogP contribution in [0.2, 0.25) is 0 Å². The fourth-order valence-corrected chi connectivity index (χ4v) is 2.01. The molecule has 0 radical (unpaired) electrons. The Morgan fingerprint density at radius 2 is 1.00 bits per heavy atom. The van der Waals surface area contributed by atoms with Crippen LogP contribution in [0, 0.1) is 0 Å². The standard InChI is InChI=1S/C16H16N6S2/c17-15(23)21-19-13(11-7-3-1-4-8-11)14(20-22-16(18)24)12-9-5-2-6-10-12/h1-10H,(H3,17,21,23)(H3,18,22,24)/b19-13-,20-14?. The molecule has 24 heavy (non-hydrogen) atoms. The number of hydrogen-bond acceptors (Lipinski definition) is 4. The Morgan fingerprint density at radius 1 is 0.667 bits per heavy atom. The third-order valence-corrected chi connectivity index (χ3v) is 3.06. The molecule has 0 aliphatic rings. The lowest BCUT2D eigenvalue weighted by Crippen LogP contribution is -2.31. The molecular weight excluding hydrogens is 340 g/mol. The minimum atomic E-state index is 0.0538. The van der Waals surface area contributed by atoms with Crippen molar-refractivity contribution in [2.75, 3.05) is 0 Å². The number of nitrogens with two attached hydrogens (primary N) is 2. The maximum absolute atomic E-state index is 5.50. The Bertz CT molecular complexity index is 704. The summed E-state index contributed by atoms with van der Waals surface area (Å²) >= 11 is 9.67. The first kappa shape index (κ1) is 17.5. The van der Waals surface area contributed by atoms with E-state index in [1.54, 1.807) is 0 Å². The summed E-state index contributed by atoms with van der Waals surface area (Å²) in [6.07, 6.45) is 0. The van der Waals surface area contributed by atoms with Crippen molar-refractivity contribution < 1.29 is 0 Å². The first-order valence-electron chi connectivity index (χ1n) is 6.95. The summed E-state index contributed by atoms with van der Waals surface area (Å²) in [6.45, 7) is 0. The molecule has 0 bridgehead atoms. The van der Waals surface area contributed by atoms with Crippen LogP contribution >= 0.6 is 24.4 Å². The van der Waals surface area contributed by atoms with Crippen LogP contribution in [-0.4, -0.2) is 21.6 Å². The van der Waals surface area contributed by atoms with Gasteiger partial charge in [-0.25, -0.2) is 0 Å². The van der Waals surface area contributed by atoms with Crippen LogP contribution in [0.1, 0.15) is 11.1 Å². The minimum Gasteiger partial charge on any atom is -0.375 e. The van der Waals surface area contributed by atoms with Gasteiger partial charge in [0.15, 0.2) is 10.2 Å². The number of rotatable bonds is 5. The lowest BCUT2D eigenvalue weighted by molar-refractivity contribution is 1.02. The molecule has 2 rings (SSSR count). The molecule has 0 unspecified atom stereocenters. The van der Waals surface area contributed by atoms with E-state index in [1.165, 1.54) is 0 Å². The Kier molecular flexibility index (Phi) is 6.35. The molecule has 0 heterocycles. The van der Waals surface area contributed by atoms with Crippen molar-refractivity contribution in [1.82, 2.24) is 10.9 Å². The van der Waals surface area contributed by atoms with Crippen LogP contribution in [0.4, 0.5) is 0 Å². The average molecular weight is 356 g/mol. The second-order valence-electron chi connectivity index (χ2n) is 4.60. The first-order chi connectivity index (χ1) is 11.6. The molecule has 0 fully saturated rings. The predicted octanol–water partition coefficient (Wildman–Crippen LogP) is 1.46. The summed E-state index contributed by atoms with van der Waals surface area (Å²) < 4.78 is 0. The minimum absolute atomic E-state index is 0.0538. The summed E-state index contributed by atoms with van der Waals surface area (Å²) in [6, 6.07) is 19.0. The topological polar surface area (TPSA) is 101 Å². The monoisotopic (exact) mass is 356 g/mol. The third kappa shape index (κ3) is 5.11. The zero-order chi connectivity index (χ0) is 17.4. The molecule has 0 aliphatic heterocycles. The zero-order valence-electron chi connectivity index (χ0n) is 12.6. The van der Waals surface area contributed by atoms with Gasteiger partial charge in [-0.15, -0.1) is 0 Å². The average Bonchev–Trinajstić information content (AvgIpc) is 2.59. The molecule has 0 amide bonds. The highest BCUT2D eigenvalue weighted by Gasteiger charge is 2.15. The van der Waals surface area contributed by atoms with Crippen molar-refractivity contribution in [2.24, 2.45) is 21.7 Å². The lowest BCUT2D eigenvalue weighted by atomic mass is 10.00. The normalized spacial score (nSPS) is 11.7. The van der Waals surface area contributed by atoms with Crippen LogP contribution < -0.4 is 22.3 Å². The molecule has 0 aromatic heterocycles. The van der Waals surface area contributed by atoms with Gasteiger partial charge in [0, 0.05) is 11.1 Å². The molecule has 0 aliphatic carbocycles. The molecule has 6 nitrogen and oxygen atoms in total. The first-order valence-corrected chi connectivity index (χ1v) is 7.77. The van der Waals surface area contributed by atoms with Gasteiger partial charge in [0.05, 0.1) is 0 Å². The van der Waals surface area contributed by atoms with Gasteiger partial charge in [-0.3, -0.25) is 10.9 Å². The van der Waals surface area contributed by atoms with Gasteiger partial charge in [0.2, 0.25) is 0 Å². The van der Waals surface area contributed by atoms with Gasteiger partial charge in [0.1, 0.15) is 11.4 Å². The molecule has 0 atom stereocenters. The number of hydrazone groups is 2. The Morgan fingerprint density at radius 3 is 1.29 bits per heavy atom. The van der Waals surface area contributed by atoms with E-state index in [0.29, 0.717) is 11.4 Å². The van der Waals surface area contributed by atoms with Crippen LogP contribution in [0.3, 0.4) is 0 Å². The molecule has 8 heteroatoms. The summed E-state index contributed by atoms with van der Waals surface area (Å²) in [5.41, 5.74) is 18.9. The summed E-state index contributed by atoms with van der Waals surface area (Å²) in [7, 11) is 0. The number of benzene rings is 2. The number of hydrogen-bond donors (Lipinski definition) is 4. The summed E-state index contributed by atoms with van der Waals surface area (Å²) in [4.78, 5) is 0. The van der Waals surface area contributed by atoms with E-state index in [0.717, 1.165) is 11.1 Å². The summed E-state index contributed by atoms with van der Waals surface area (Å²) in [5, 5.41) is 8.70. The van der Waals surface area contributed by atoms with Crippen molar-refractivity contribution in [3.05, 3.63) is 71.8 Å². The molecule has 0 saturated carbocycles. The molecule has 6 N–H and O–H groups in total. The second-order valence-corrected chi connectivity index (χ2v) is 5.48. The predicted molar refractivity (Wildman–Crippen MR) is 106 cm³/mol. The highest BCUT2D eigenvalue weighted by Crippen LogP contribution is 2.10. The summed E-state index contributed by atoms with van der Waals surface area (Å²) in [5.74, 6) is 0. The van der Waals surface area contributed by atoms with E-state index in [1.807, 2.05) is 60.7 Å².